The molecule has 0 aromatic carbocycles. The summed E-state index contributed by atoms with van der Waals surface area (Å²) in [5, 5.41) is 0. The van der Waals surface area contributed by atoms with Crippen molar-refractivity contribution in [3.8, 4) is 0 Å². The van der Waals surface area contributed by atoms with Crippen molar-refractivity contribution in [1.29, 1.82) is 0 Å². The Morgan fingerprint density at radius 2 is 1.50 bits per heavy atom. The molecule has 2 heterocycles. The van der Waals surface area contributed by atoms with Gasteiger partial charge < -0.3 is 9.80 Å². The van der Waals surface area contributed by atoms with Gasteiger partial charge in [0.15, 0.2) is 0 Å². The molecule has 1 unspecified atom stereocenters. The van der Waals surface area contributed by atoms with E-state index in [0.29, 0.717) is 26.2 Å². The van der Waals surface area contributed by atoms with Crippen molar-refractivity contribution in [3.63, 3.8) is 0 Å². The van der Waals surface area contributed by atoms with Gasteiger partial charge in [-0.3, -0.25) is 4.79 Å². The van der Waals surface area contributed by atoms with Gasteiger partial charge in [-0.25, -0.2) is 0 Å². The summed E-state index contributed by atoms with van der Waals surface area (Å²) in [6.07, 6.45) is -0.923. The van der Waals surface area contributed by atoms with E-state index in [2.05, 4.69) is 0 Å². The molecule has 0 N–H and O–H groups in total. The Labute approximate surface area is 105 Å². The minimum absolute atomic E-state index is 0.168. The lowest BCUT2D eigenvalue weighted by Gasteiger charge is -2.28. The summed E-state index contributed by atoms with van der Waals surface area (Å²) >= 11 is 0. The lowest BCUT2D eigenvalue weighted by molar-refractivity contribution is -0.191. The third-order valence-corrected chi connectivity index (χ3v) is 3.75. The maximum atomic E-state index is 13.0. The number of nitrogens with zero attached hydrogens (tertiary/aromatic N) is 2. The molecule has 0 radical (unpaired) electrons. The zero-order chi connectivity index (χ0) is 13.2. The number of likely N-dealkylation sites (tertiary alicyclic amines) is 2. The number of carbonyl (C=O) groups excluding carboxylic acids is 1. The van der Waals surface area contributed by atoms with E-state index in [4.69, 9.17) is 0 Å². The third-order valence-electron chi connectivity index (χ3n) is 3.75. The number of rotatable bonds is 3. The van der Waals surface area contributed by atoms with Crippen molar-refractivity contribution in [2.45, 2.75) is 31.9 Å². The van der Waals surface area contributed by atoms with Crippen molar-refractivity contribution in [3.05, 3.63) is 0 Å². The van der Waals surface area contributed by atoms with Crippen LogP contribution >= 0.6 is 0 Å². The van der Waals surface area contributed by atoms with Crippen LogP contribution in [0.1, 0.15) is 25.7 Å². The second-order valence-corrected chi connectivity index (χ2v) is 5.13. The Balaban J connectivity index is 2.01. The van der Waals surface area contributed by atoms with Crippen LogP contribution in [0.3, 0.4) is 0 Å². The van der Waals surface area contributed by atoms with Crippen molar-refractivity contribution in [1.82, 2.24) is 9.80 Å². The Kier molecular flexibility index (Phi) is 4.14. The molecule has 1 amide bonds. The number of carbonyl (C=O) groups is 1. The van der Waals surface area contributed by atoms with E-state index in [0.717, 1.165) is 25.7 Å². The van der Waals surface area contributed by atoms with Gasteiger partial charge in [-0.2, -0.15) is 13.2 Å². The molecule has 2 aliphatic heterocycles. The molecule has 104 valence electrons. The molecule has 0 saturated carbocycles. The highest BCUT2D eigenvalue weighted by Gasteiger charge is 2.47. The maximum Gasteiger partial charge on any atom is 0.401 e. The van der Waals surface area contributed by atoms with E-state index in [1.165, 1.54) is 4.90 Å². The quantitative estimate of drug-likeness (QED) is 0.777. The number of hydrogen-bond donors (Lipinski definition) is 0. The van der Waals surface area contributed by atoms with Gasteiger partial charge in [0.25, 0.3) is 0 Å². The smallest absolute Gasteiger partial charge is 0.342 e. The van der Waals surface area contributed by atoms with Gasteiger partial charge in [0.1, 0.15) is 5.92 Å². The average Bonchev–Trinajstić information content (AvgIpc) is 2.96. The molecule has 0 aliphatic carbocycles. The van der Waals surface area contributed by atoms with E-state index >= 15 is 0 Å². The number of hydrogen-bond acceptors (Lipinski definition) is 2. The molecule has 0 aromatic rings. The van der Waals surface area contributed by atoms with Gasteiger partial charge in [-0.05, 0) is 38.8 Å². The monoisotopic (exact) mass is 264 g/mol. The van der Waals surface area contributed by atoms with Gasteiger partial charge >= 0.3 is 6.18 Å². The highest BCUT2D eigenvalue weighted by Crippen LogP contribution is 2.30. The standard InChI is InChI=1S/C12H19F3N2O/c13-12(14,15)10(9-16-5-1-2-6-16)11(18)17-7-3-4-8-17/h10H,1-9H2. The molecule has 2 rings (SSSR count). The SMILES string of the molecule is O=C(C(CN1CCCC1)C(F)(F)F)N1CCCC1. The number of halogens is 3. The predicted octanol–water partition coefficient (Wildman–Crippen LogP) is 1.88. The summed E-state index contributed by atoms with van der Waals surface area (Å²) in [4.78, 5) is 15.1. The molecule has 6 heteroatoms. The van der Waals surface area contributed by atoms with Gasteiger partial charge in [0, 0.05) is 19.6 Å². The van der Waals surface area contributed by atoms with Gasteiger partial charge in [0.2, 0.25) is 5.91 Å². The van der Waals surface area contributed by atoms with Crippen LogP contribution < -0.4 is 0 Å². The zero-order valence-corrected chi connectivity index (χ0v) is 10.4. The highest BCUT2D eigenvalue weighted by molar-refractivity contribution is 5.80. The first-order valence-corrected chi connectivity index (χ1v) is 6.56. The van der Waals surface area contributed by atoms with Crippen LogP contribution in [-0.2, 0) is 4.79 Å². The molecule has 3 nitrogen and oxygen atoms in total. The fraction of sp³-hybridized carbons (Fsp3) is 0.917. The summed E-state index contributed by atoms with van der Waals surface area (Å²) in [7, 11) is 0. The van der Waals surface area contributed by atoms with E-state index in [1.807, 2.05) is 0 Å². The van der Waals surface area contributed by atoms with E-state index in [9.17, 15) is 18.0 Å². The lowest BCUT2D eigenvalue weighted by atomic mass is 10.1. The molecular weight excluding hydrogens is 245 g/mol. The van der Waals surface area contributed by atoms with Crippen LogP contribution in [0.5, 0.6) is 0 Å². The summed E-state index contributed by atoms with van der Waals surface area (Å²) in [5.41, 5.74) is 0. The number of alkyl halides is 3. The normalized spacial score (nSPS) is 23.6. The van der Waals surface area contributed by atoms with Gasteiger partial charge in [-0.1, -0.05) is 0 Å². The van der Waals surface area contributed by atoms with Crippen LogP contribution in [0.25, 0.3) is 0 Å². The second-order valence-electron chi connectivity index (χ2n) is 5.13. The third kappa shape index (κ3) is 3.16. The van der Waals surface area contributed by atoms with E-state index < -0.39 is 18.0 Å². The molecule has 2 fully saturated rings. The zero-order valence-electron chi connectivity index (χ0n) is 10.4. The maximum absolute atomic E-state index is 13.0. The Morgan fingerprint density at radius 1 is 1.00 bits per heavy atom. The van der Waals surface area contributed by atoms with Gasteiger partial charge in [0.05, 0.1) is 0 Å². The Bertz CT molecular complexity index is 294. The summed E-state index contributed by atoms with van der Waals surface area (Å²) in [6, 6.07) is 0. The van der Waals surface area contributed by atoms with Crippen LogP contribution in [0.2, 0.25) is 0 Å². The molecule has 0 spiro atoms. The lowest BCUT2D eigenvalue weighted by Crippen LogP contribution is -2.46. The molecular formula is C12H19F3N2O. The van der Waals surface area contributed by atoms with Crippen LogP contribution in [0, 0.1) is 5.92 Å². The molecule has 2 aliphatic rings. The predicted molar refractivity (Wildman–Crippen MR) is 61.0 cm³/mol. The fourth-order valence-electron chi connectivity index (χ4n) is 2.70. The summed E-state index contributed by atoms with van der Waals surface area (Å²) < 4.78 is 39.0. The average molecular weight is 264 g/mol. The molecule has 0 bridgehead atoms. The van der Waals surface area contributed by atoms with Crippen LogP contribution in [0.4, 0.5) is 13.2 Å². The number of amides is 1. The Hall–Kier alpha value is -0.780. The van der Waals surface area contributed by atoms with Crippen LogP contribution in [-0.4, -0.2) is 54.6 Å². The van der Waals surface area contributed by atoms with E-state index in [-0.39, 0.29) is 6.54 Å². The first-order chi connectivity index (χ1) is 8.48. The Morgan fingerprint density at radius 3 is 2.00 bits per heavy atom. The topological polar surface area (TPSA) is 23.6 Å². The van der Waals surface area contributed by atoms with Crippen molar-refractivity contribution in [2.24, 2.45) is 5.92 Å². The highest BCUT2D eigenvalue weighted by atomic mass is 19.4. The van der Waals surface area contributed by atoms with Crippen molar-refractivity contribution in [2.75, 3.05) is 32.7 Å². The minimum atomic E-state index is -4.43. The van der Waals surface area contributed by atoms with Crippen LogP contribution in [0.15, 0.2) is 0 Å². The van der Waals surface area contributed by atoms with E-state index in [1.54, 1.807) is 4.90 Å². The molecule has 0 aromatic heterocycles. The first kappa shape index (κ1) is 13.6. The minimum Gasteiger partial charge on any atom is -0.342 e. The first-order valence-electron chi connectivity index (χ1n) is 6.56. The molecule has 18 heavy (non-hydrogen) atoms. The largest absolute Gasteiger partial charge is 0.401 e. The molecule has 2 saturated heterocycles. The second kappa shape index (κ2) is 5.47. The molecule has 1 atom stereocenters. The van der Waals surface area contributed by atoms with Crippen molar-refractivity contribution >= 4 is 5.91 Å². The van der Waals surface area contributed by atoms with Crippen molar-refractivity contribution < 1.29 is 18.0 Å². The van der Waals surface area contributed by atoms with Gasteiger partial charge in [-0.15, -0.1) is 0 Å². The summed E-state index contributed by atoms with van der Waals surface area (Å²) in [6.45, 7) is 2.15. The summed E-state index contributed by atoms with van der Waals surface area (Å²) in [5.74, 6) is -2.57. The fourth-order valence-corrected chi connectivity index (χ4v) is 2.70.